The lowest BCUT2D eigenvalue weighted by molar-refractivity contribution is -0.136. The van der Waals surface area contributed by atoms with Gasteiger partial charge in [0.2, 0.25) is 0 Å². The third kappa shape index (κ3) is 2.77. The van der Waals surface area contributed by atoms with Gasteiger partial charge in [-0.05, 0) is 12.1 Å². The van der Waals surface area contributed by atoms with Gasteiger partial charge in [0.1, 0.15) is 5.69 Å². The molecule has 0 aliphatic carbocycles. The lowest BCUT2D eigenvalue weighted by Crippen LogP contribution is -2.03. The van der Waals surface area contributed by atoms with Crippen LogP contribution in [0, 0.1) is 0 Å². The highest BCUT2D eigenvalue weighted by Crippen LogP contribution is 2.15. The molecule has 0 amide bonds. The van der Waals surface area contributed by atoms with Crippen molar-refractivity contribution >= 4 is 5.97 Å². The molecule has 1 rings (SSSR count). The zero-order chi connectivity index (χ0) is 9.84. The Morgan fingerprint density at radius 3 is 2.77 bits per heavy atom. The number of hydrogen-bond donors (Lipinski definition) is 1. The highest BCUT2D eigenvalue weighted by molar-refractivity contribution is 5.69. The summed E-state index contributed by atoms with van der Waals surface area (Å²) < 4.78 is 24.1. The van der Waals surface area contributed by atoms with E-state index in [9.17, 15) is 13.6 Å². The van der Waals surface area contributed by atoms with Crippen molar-refractivity contribution in [2.24, 2.45) is 0 Å². The molecule has 1 heterocycles. The van der Waals surface area contributed by atoms with Crippen LogP contribution in [0.3, 0.4) is 0 Å². The Kier molecular flexibility index (Phi) is 2.89. The van der Waals surface area contributed by atoms with E-state index >= 15 is 0 Å². The molecule has 13 heavy (non-hydrogen) atoms. The van der Waals surface area contributed by atoms with Crippen molar-refractivity contribution in [3.8, 4) is 0 Å². The molecule has 0 bridgehead atoms. The number of nitrogens with zero attached hydrogens (tertiary/aromatic N) is 1. The number of halogens is 2. The van der Waals surface area contributed by atoms with Crippen molar-refractivity contribution in [3.05, 3.63) is 29.6 Å². The normalized spacial score (nSPS) is 10.4. The number of rotatable bonds is 3. The molecule has 0 radical (unpaired) electrons. The molecular weight excluding hydrogens is 180 g/mol. The minimum Gasteiger partial charge on any atom is -0.481 e. The monoisotopic (exact) mass is 187 g/mol. The van der Waals surface area contributed by atoms with Crippen LogP contribution < -0.4 is 0 Å². The molecule has 0 aliphatic heterocycles. The second-order valence-electron chi connectivity index (χ2n) is 2.43. The standard InChI is InChI=1S/C8H7F2NO2/c9-8(10)6-3-1-2-5(11-6)4-7(12)13/h1-3,8H,4H2,(H,12,13). The summed E-state index contributed by atoms with van der Waals surface area (Å²) in [6, 6.07) is 3.93. The quantitative estimate of drug-likeness (QED) is 0.782. The SMILES string of the molecule is O=C(O)Cc1cccc(C(F)F)n1. The van der Waals surface area contributed by atoms with Crippen molar-refractivity contribution < 1.29 is 18.7 Å². The summed E-state index contributed by atoms with van der Waals surface area (Å²) in [4.78, 5) is 13.7. The van der Waals surface area contributed by atoms with Crippen molar-refractivity contribution in [1.82, 2.24) is 4.98 Å². The fraction of sp³-hybridized carbons (Fsp3) is 0.250. The molecule has 0 saturated carbocycles. The first kappa shape index (κ1) is 9.57. The lowest BCUT2D eigenvalue weighted by atomic mass is 10.2. The van der Waals surface area contributed by atoms with Gasteiger partial charge in [-0.15, -0.1) is 0 Å². The molecule has 1 aromatic heterocycles. The first-order chi connectivity index (χ1) is 6.09. The van der Waals surface area contributed by atoms with E-state index in [-0.39, 0.29) is 12.1 Å². The van der Waals surface area contributed by atoms with Gasteiger partial charge in [-0.3, -0.25) is 9.78 Å². The van der Waals surface area contributed by atoms with Gasteiger partial charge in [-0.2, -0.15) is 0 Å². The number of carboxylic acid groups (broad SMARTS) is 1. The van der Waals surface area contributed by atoms with Crippen molar-refractivity contribution in [2.75, 3.05) is 0 Å². The Labute approximate surface area is 73.0 Å². The van der Waals surface area contributed by atoms with E-state index in [2.05, 4.69) is 4.98 Å². The molecule has 0 aromatic carbocycles. The highest BCUT2D eigenvalue weighted by Gasteiger charge is 2.09. The summed E-state index contributed by atoms with van der Waals surface area (Å²) in [5, 5.41) is 8.37. The molecule has 0 atom stereocenters. The molecule has 0 spiro atoms. The minimum atomic E-state index is -2.66. The number of pyridine rings is 1. The van der Waals surface area contributed by atoms with Crippen LogP contribution in [0.15, 0.2) is 18.2 Å². The summed E-state index contributed by atoms with van der Waals surface area (Å²) in [6.07, 6.45) is -2.99. The molecule has 0 fully saturated rings. The van der Waals surface area contributed by atoms with Crippen LogP contribution >= 0.6 is 0 Å². The molecule has 1 N–H and O–H groups in total. The third-order valence-electron chi connectivity index (χ3n) is 1.38. The first-order valence-electron chi connectivity index (χ1n) is 3.55. The molecule has 5 heteroatoms. The zero-order valence-corrected chi connectivity index (χ0v) is 6.58. The summed E-state index contributed by atoms with van der Waals surface area (Å²) >= 11 is 0. The van der Waals surface area contributed by atoms with Crippen LogP contribution in [-0.2, 0) is 11.2 Å². The van der Waals surface area contributed by atoms with Gasteiger partial charge in [-0.1, -0.05) is 6.07 Å². The smallest absolute Gasteiger partial charge is 0.309 e. The lowest BCUT2D eigenvalue weighted by Gasteiger charge is -2.00. The summed E-state index contributed by atoms with van der Waals surface area (Å²) in [5.41, 5.74) is -0.246. The van der Waals surface area contributed by atoms with Crippen LogP contribution in [0.1, 0.15) is 17.8 Å². The Bertz CT molecular complexity index is 315. The number of carboxylic acids is 1. The average Bonchev–Trinajstić information content (AvgIpc) is 2.03. The Hall–Kier alpha value is -1.52. The van der Waals surface area contributed by atoms with Gasteiger partial charge in [0.25, 0.3) is 6.43 Å². The number of aromatic nitrogens is 1. The zero-order valence-electron chi connectivity index (χ0n) is 6.58. The largest absolute Gasteiger partial charge is 0.481 e. The molecule has 70 valence electrons. The number of aliphatic carboxylic acids is 1. The average molecular weight is 187 g/mol. The van der Waals surface area contributed by atoms with Gasteiger partial charge in [0.05, 0.1) is 12.1 Å². The van der Waals surface area contributed by atoms with E-state index in [0.29, 0.717) is 0 Å². The number of carbonyl (C=O) groups is 1. The van der Waals surface area contributed by atoms with Gasteiger partial charge in [0, 0.05) is 0 Å². The molecule has 1 aromatic rings. The van der Waals surface area contributed by atoms with E-state index in [1.165, 1.54) is 12.1 Å². The topological polar surface area (TPSA) is 50.2 Å². The maximum absolute atomic E-state index is 12.1. The Morgan fingerprint density at radius 2 is 2.23 bits per heavy atom. The van der Waals surface area contributed by atoms with Gasteiger partial charge >= 0.3 is 5.97 Å². The van der Waals surface area contributed by atoms with Crippen molar-refractivity contribution in [3.63, 3.8) is 0 Å². The molecule has 3 nitrogen and oxygen atoms in total. The molecule has 0 unspecified atom stereocenters. The van der Waals surface area contributed by atoms with Gasteiger partial charge < -0.3 is 5.11 Å². The fourth-order valence-corrected chi connectivity index (χ4v) is 0.873. The van der Waals surface area contributed by atoms with E-state index < -0.39 is 18.1 Å². The van der Waals surface area contributed by atoms with Crippen molar-refractivity contribution in [2.45, 2.75) is 12.8 Å². The Morgan fingerprint density at radius 1 is 1.54 bits per heavy atom. The summed E-state index contributed by atoms with van der Waals surface area (Å²) in [6.45, 7) is 0. The minimum absolute atomic E-state index is 0.144. The van der Waals surface area contributed by atoms with Crippen molar-refractivity contribution in [1.29, 1.82) is 0 Å². The predicted molar refractivity (Wildman–Crippen MR) is 40.5 cm³/mol. The summed E-state index contributed by atoms with van der Waals surface area (Å²) in [5.74, 6) is -1.08. The van der Waals surface area contributed by atoms with Crippen LogP contribution in [0.4, 0.5) is 8.78 Å². The molecule has 0 saturated heterocycles. The second kappa shape index (κ2) is 3.93. The predicted octanol–water partition coefficient (Wildman–Crippen LogP) is 1.65. The van der Waals surface area contributed by atoms with E-state index in [0.717, 1.165) is 6.07 Å². The van der Waals surface area contributed by atoms with Crippen LogP contribution in [0.2, 0.25) is 0 Å². The fourth-order valence-electron chi connectivity index (χ4n) is 0.873. The number of hydrogen-bond acceptors (Lipinski definition) is 2. The summed E-state index contributed by atoms with van der Waals surface area (Å²) in [7, 11) is 0. The maximum Gasteiger partial charge on any atom is 0.309 e. The van der Waals surface area contributed by atoms with E-state index in [4.69, 9.17) is 5.11 Å². The van der Waals surface area contributed by atoms with Gasteiger partial charge in [-0.25, -0.2) is 8.78 Å². The van der Waals surface area contributed by atoms with Crippen LogP contribution in [-0.4, -0.2) is 16.1 Å². The van der Waals surface area contributed by atoms with Gasteiger partial charge in [0.15, 0.2) is 0 Å². The highest BCUT2D eigenvalue weighted by atomic mass is 19.3. The third-order valence-corrected chi connectivity index (χ3v) is 1.38. The van der Waals surface area contributed by atoms with E-state index in [1.807, 2.05) is 0 Å². The van der Waals surface area contributed by atoms with E-state index in [1.54, 1.807) is 0 Å². The molecular formula is C8H7F2NO2. The maximum atomic E-state index is 12.1. The Balaban J connectivity index is 2.85. The van der Waals surface area contributed by atoms with Crippen LogP contribution in [0.25, 0.3) is 0 Å². The van der Waals surface area contributed by atoms with Crippen LogP contribution in [0.5, 0.6) is 0 Å². The number of alkyl halides is 2. The first-order valence-corrected chi connectivity index (χ1v) is 3.55. The second-order valence-corrected chi connectivity index (χ2v) is 2.43. The molecule has 0 aliphatic rings.